The summed E-state index contributed by atoms with van der Waals surface area (Å²) in [7, 11) is 0. The van der Waals surface area contributed by atoms with Gasteiger partial charge in [-0.1, -0.05) is 41.4 Å². The minimum absolute atomic E-state index is 0. The van der Waals surface area contributed by atoms with Gasteiger partial charge in [0.2, 0.25) is 5.91 Å². The first-order valence-electron chi connectivity index (χ1n) is 8.69. The van der Waals surface area contributed by atoms with E-state index in [9.17, 15) is 4.79 Å². The van der Waals surface area contributed by atoms with Crippen molar-refractivity contribution in [1.82, 2.24) is 4.90 Å². The maximum atomic E-state index is 12.4. The van der Waals surface area contributed by atoms with E-state index in [1.54, 1.807) is 6.07 Å². The standard InChI is InChI=1S/C20H22Cl2N2O2.ClH/c21-18-6-3-15(11-19(18)22)13-26-17-7-9-24(10-8-17)20(25)12-14-1-4-16(23)5-2-14;/h1-6,11,17H,7-10,12-13,23H2;1H. The van der Waals surface area contributed by atoms with Crippen LogP contribution in [-0.4, -0.2) is 30.0 Å². The average Bonchev–Trinajstić information content (AvgIpc) is 2.65. The zero-order valence-electron chi connectivity index (χ0n) is 14.9. The van der Waals surface area contributed by atoms with Gasteiger partial charge in [-0.2, -0.15) is 0 Å². The molecule has 0 aliphatic carbocycles. The molecular formula is C20H23Cl3N2O2. The molecule has 0 radical (unpaired) electrons. The number of hydrogen-bond donors (Lipinski definition) is 1. The summed E-state index contributed by atoms with van der Waals surface area (Å²) in [5, 5.41) is 1.08. The lowest BCUT2D eigenvalue weighted by Crippen LogP contribution is -2.41. The molecule has 0 bridgehead atoms. The van der Waals surface area contributed by atoms with E-state index in [0.717, 1.165) is 37.1 Å². The number of benzene rings is 2. The summed E-state index contributed by atoms with van der Waals surface area (Å²) in [5.41, 5.74) is 8.38. The highest BCUT2D eigenvalue weighted by Crippen LogP contribution is 2.24. The van der Waals surface area contributed by atoms with Crippen LogP contribution < -0.4 is 5.73 Å². The summed E-state index contributed by atoms with van der Waals surface area (Å²) in [6, 6.07) is 13.0. The molecule has 4 nitrogen and oxygen atoms in total. The van der Waals surface area contributed by atoms with Crippen molar-refractivity contribution in [3.63, 3.8) is 0 Å². The average molecular weight is 430 g/mol. The van der Waals surface area contributed by atoms with Gasteiger partial charge < -0.3 is 15.4 Å². The van der Waals surface area contributed by atoms with Crippen molar-refractivity contribution in [2.75, 3.05) is 18.8 Å². The van der Waals surface area contributed by atoms with Crippen LogP contribution in [0.1, 0.15) is 24.0 Å². The molecule has 27 heavy (non-hydrogen) atoms. The second-order valence-electron chi connectivity index (χ2n) is 6.56. The second kappa shape index (κ2) is 10.2. The maximum absolute atomic E-state index is 12.4. The number of hydrogen-bond acceptors (Lipinski definition) is 3. The Bertz CT molecular complexity index is 760. The first kappa shape index (κ1) is 21.8. The largest absolute Gasteiger partial charge is 0.399 e. The van der Waals surface area contributed by atoms with E-state index < -0.39 is 0 Å². The molecular weight excluding hydrogens is 407 g/mol. The highest BCUT2D eigenvalue weighted by Gasteiger charge is 2.23. The summed E-state index contributed by atoms with van der Waals surface area (Å²) < 4.78 is 5.97. The number of amides is 1. The number of nitrogens with zero attached hydrogens (tertiary/aromatic N) is 1. The molecule has 1 heterocycles. The topological polar surface area (TPSA) is 55.6 Å². The molecule has 0 spiro atoms. The number of piperidine rings is 1. The van der Waals surface area contributed by atoms with Crippen LogP contribution in [0.3, 0.4) is 0 Å². The van der Waals surface area contributed by atoms with Crippen LogP contribution in [0.25, 0.3) is 0 Å². The van der Waals surface area contributed by atoms with Gasteiger partial charge in [0.05, 0.1) is 29.2 Å². The lowest BCUT2D eigenvalue weighted by atomic mass is 10.1. The maximum Gasteiger partial charge on any atom is 0.226 e. The molecule has 1 aliphatic heterocycles. The van der Waals surface area contributed by atoms with Gasteiger partial charge in [-0.05, 0) is 48.2 Å². The Morgan fingerprint density at radius 1 is 1.04 bits per heavy atom. The zero-order chi connectivity index (χ0) is 18.5. The van der Waals surface area contributed by atoms with Crippen molar-refractivity contribution in [2.24, 2.45) is 0 Å². The fraction of sp³-hybridized carbons (Fsp3) is 0.350. The van der Waals surface area contributed by atoms with Gasteiger partial charge >= 0.3 is 0 Å². The predicted octanol–water partition coefficient (Wildman–Crippen LogP) is 4.75. The van der Waals surface area contributed by atoms with Crippen molar-refractivity contribution >= 4 is 47.2 Å². The van der Waals surface area contributed by atoms with E-state index in [0.29, 0.717) is 28.8 Å². The normalized spacial score (nSPS) is 14.7. The third kappa shape index (κ3) is 6.28. The number of likely N-dealkylation sites (tertiary alicyclic amines) is 1. The molecule has 146 valence electrons. The van der Waals surface area contributed by atoms with E-state index >= 15 is 0 Å². The molecule has 1 amide bonds. The van der Waals surface area contributed by atoms with Crippen LogP contribution in [0.15, 0.2) is 42.5 Å². The van der Waals surface area contributed by atoms with Gasteiger partial charge in [-0.15, -0.1) is 12.4 Å². The van der Waals surface area contributed by atoms with Crippen LogP contribution in [0.5, 0.6) is 0 Å². The van der Waals surface area contributed by atoms with Crippen LogP contribution in [0.2, 0.25) is 10.0 Å². The lowest BCUT2D eigenvalue weighted by Gasteiger charge is -2.32. The zero-order valence-corrected chi connectivity index (χ0v) is 17.2. The van der Waals surface area contributed by atoms with E-state index in [1.807, 2.05) is 41.3 Å². The van der Waals surface area contributed by atoms with Crippen LogP contribution in [0.4, 0.5) is 5.69 Å². The number of rotatable bonds is 5. The van der Waals surface area contributed by atoms with Gasteiger partial charge in [-0.3, -0.25) is 4.79 Å². The number of carbonyl (C=O) groups excluding carboxylic acids is 1. The van der Waals surface area contributed by atoms with E-state index in [1.165, 1.54) is 0 Å². The molecule has 7 heteroatoms. The number of carbonyl (C=O) groups is 1. The second-order valence-corrected chi connectivity index (χ2v) is 7.37. The number of ether oxygens (including phenoxy) is 1. The van der Waals surface area contributed by atoms with Crippen LogP contribution >= 0.6 is 35.6 Å². The van der Waals surface area contributed by atoms with Crippen molar-refractivity contribution in [3.05, 3.63) is 63.6 Å². The Morgan fingerprint density at radius 2 is 1.67 bits per heavy atom. The lowest BCUT2D eigenvalue weighted by molar-refractivity contribution is -0.133. The third-order valence-corrected chi connectivity index (χ3v) is 5.34. The number of nitrogen functional groups attached to an aromatic ring is 1. The van der Waals surface area contributed by atoms with Crippen molar-refractivity contribution in [2.45, 2.75) is 32.0 Å². The minimum Gasteiger partial charge on any atom is -0.399 e. The fourth-order valence-corrected chi connectivity index (χ4v) is 3.36. The molecule has 1 aliphatic rings. The fourth-order valence-electron chi connectivity index (χ4n) is 3.04. The predicted molar refractivity (Wildman–Crippen MR) is 113 cm³/mol. The van der Waals surface area contributed by atoms with Gasteiger partial charge in [0.25, 0.3) is 0 Å². The Labute approximate surface area is 176 Å². The molecule has 2 aromatic rings. The molecule has 3 rings (SSSR count). The van der Waals surface area contributed by atoms with E-state index in [2.05, 4.69) is 0 Å². The quantitative estimate of drug-likeness (QED) is 0.698. The van der Waals surface area contributed by atoms with E-state index in [4.69, 9.17) is 33.7 Å². The first-order valence-corrected chi connectivity index (χ1v) is 9.44. The van der Waals surface area contributed by atoms with Gasteiger partial charge in [0, 0.05) is 18.8 Å². The smallest absolute Gasteiger partial charge is 0.226 e. The van der Waals surface area contributed by atoms with Crippen LogP contribution in [-0.2, 0) is 22.6 Å². The highest BCUT2D eigenvalue weighted by molar-refractivity contribution is 6.42. The van der Waals surface area contributed by atoms with Gasteiger partial charge in [0.1, 0.15) is 0 Å². The summed E-state index contributed by atoms with van der Waals surface area (Å²) in [6.45, 7) is 1.95. The minimum atomic E-state index is 0. The molecule has 0 atom stereocenters. The van der Waals surface area contributed by atoms with Crippen LogP contribution in [0, 0.1) is 0 Å². The highest BCUT2D eigenvalue weighted by atomic mass is 35.5. The van der Waals surface area contributed by atoms with Crippen molar-refractivity contribution < 1.29 is 9.53 Å². The summed E-state index contributed by atoms with van der Waals surface area (Å²) in [5.74, 6) is 0.151. The molecule has 0 unspecified atom stereocenters. The number of halogens is 3. The Kier molecular flexibility index (Phi) is 8.24. The Morgan fingerprint density at radius 3 is 2.30 bits per heavy atom. The van der Waals surface area contributed by atoms with Gasteiger partial charge in [0.15, 0.2) is 0 Å². The summed E-state index contributed by atoms with van der Waals surface area (Å²) in [4.78, 5) is 14.3. The van der Waals surface area contributed by atoms with Crippen molar-refractivity contribution in [3.8, 4) is 0 Å². The number of anilines is 1. The van der Waals surface area contributed by atoms with E-state index in [-0.39, 0.29) is 24.4 Å². The number of nitrogens with two attached hydrogens (primary N) is 1. The Hall–Kier alpha value is -1.46. The molecule has 0 aromatic heterocycles. The summed E-state index contributed by atoms with van der Waals surface area (Å²) in [6.07, 6.45) is 2.25. The third-order valence-electron chi connectivity index (χ3n) is 4.60. The van der Waals surface area contributed by atoms with Gasteiger partial charge in [-0.25, -0.2) is 0 Å². The summed E-state index contributed by atoms with van der Waals surface area (Å²) >= 11 is 12.0. The first-order chi connectivity index (χ1) is 12.5. The SMILES string of the molecule is Cl.Nc1ccc(CC(=O)N2CCC(OCc3ccc(Cl)c(Cl)c3)CC2)cc1. The monoisotopic (exact) mass is 428 g/mol. The molecule has 1 fully saturated rings. The van der Waals surface area contributed by atoms with Crippen molar-refractivity contribution in [1.29, 1.82) is 0 Å². The Balaban J connectivity index is 0.00000261. The molecule has 2 aromatic carbocycles. The molecule has 1 saturated heterocycles. The molecule has 2 N–H and O–H groups in total. The molecule has 0 saturated carbocycles.